The van der Waals surface area contributed by atoms with E-state index in [0.29, 0.717) is 5.65 Å². The molecule has 0 aliphatic rings. The van der Waals surface area contributed by atoms with Crippen molar-refractivity contribution in [2.24, 2.45) is 7.05 Å². The molecule has 3 aromatic rings. The number of aryl methyl sites for hydroxylation is 1. The molecule has 0 spiro atoms. The van der Waals surface area contributed by atoms with Crippen molar-refractivity contribution in [3.8, 4) is 0 Å². The van der Waals surface area contributed by atoms with Crippen LogP contribution in [-0.4, -0.2) is 30.3 Å². The maximum atomic E-state index is 12.8. The van der Waals surface area contributed by atoms with Gasteiger partial charge in [-0.1, -0.05) is 0 Å². The molecule has 0 fully saturated rings. The first-order valence-corrected chi connectivity index (χ1v) is 5.97. The van der Waals surface area contributed by atoms with E-state index in [2.05, 4.69) is 20.5 Å². The molecule has 1 amide bonds. The van der Waals surface area contributed by atoms with Crippen LogP contribution in [0.2, 0.25) is 0 Å². The number of nitrogens with zero attached hydrogens (tertiary/aromatic N) is 5. The Morgan fingerprint density at radius 2 is 2.14 bits per heavy atom. The normalized spacial score (nSPS) is 11.2. The molecule has 0 saturated carbocycles. The lowest BCUT2D eigenvalue weighted by Crippen LogP contribution is -2.13. The molecular formula is C12H10F2N6O. The Morgan fingerprint density at radius 1 is 1.33 bits per heavy atom. The zero-order valence-corrected chi connectivity index (χ0v) is 10.9. The second-order valence-corrected chi connectivity index (χ2v) is 4.34. The van der Waals surface area contributed by atoms with Gasteiger partial charge in [0.25, 0.3) is 12.3 Å². The summed E-state index contributed by atoms with van der Waals surface area (Å²) in [4.78, 5) is 16.1. The number of aromatic nitrogens is 5. The second-order valence-electron chi connectivity index (χ2n) is 4.34. The molecule has 3 aromatic heterocycles. The van der Waals surface area contributed by atoms with Crippen LogP contribution in [0.15, 0.2) is 30.9 Å². The van der Waals surface area contributed by atoms with Gasteiger partial charge in [0.2, 0.25) is 0 Å². The summed E-state index contributed by atoms with van der Waals surface area (Å²) in [6, 6.07) is 3.15. The van der Waals surface area contributed by atoms with Crippen LogP contribution in [0.4, 0.5) is 14.5 Å². The summed E-state index contributed by atoms with van der Waals surface area (Å²) < 4.78 is 28.3. The first kappa shape index (κ1) is 13.2. The summed E-state index contributed by atoms with van der Waals surface area (Å²) in [7, 11) is 1.50. The fraction of sp³-hybridized carbons (Fsp3) is 0.167. The van der Waals surface area contributed by atoms with E-state index in [9.17, 15) is 13.6 Å². The lowest BCUT2D eigenvalue weighted by molar-refractivity contribution is 0.102. The van der Waals surface area contributed by atoms with Crippen molar-refractivity contribution in [1.29, 1.82) is 0 Å². The number of carbonyl (C=O) groups excluding carboxylic acids is 1. The van der Waals surface area contributed by atoms with E-state index in [1.165, 1.54) is 41.0 Å². The monoisotopic (exact) mass is 292 g/mol. The molecule has 3 rings (SSSR count). The van der Waals surface area contributed by atoms with Crippen LogP contribution in [0.1, 0.15) is 22.5 Å². The number of halogens is 2. The summed E-state index contributed by atoms with van der Waals surface area (Å²) in [6.07, 6.45) is 1.38. The molecule has 0 saturated heterocycles. The highest BCUT2D eigenvalue weighted by molar-refractivity contribution is 6.04. The Kier molecular flexibility index (Phi) is 3.09. The van der Waals surface area contributed by atoms with Gasteiger partial charge in [0.1, 0.15) is 6.33 Å². The van der Waals surface area contributed by atoms with Gasteiger partial charge >= 0.3 is 0 Å². The van der Waals surface area contributed by atoms with Crippen LogP contribution in [0.25, 0.3) is 5.65 Å². The van der Waals surface area contributed by atoms with Crippen molar-refractivity contribution >= 4 is 17.2 Å². The fourth-order valence-electron chi connectivity index (χ4n) is 1.91. The predicted octanol–water partition coefficient (Wildman–Crippen LogP) is 1.65. The van der Waals surface area contributed by atoms with Crippen LogP contribution in [0.3, 0.4) is 0 Å². The summed E-state index contributed by atoms with van der Waals surface area (Å²) in [5.41, 5.74) is 0.377. The van der Waals surface area contributed by atoms with E-state index >= 15 is 0 Å². The zero-order valence-electron chi connectivity index (χ0n) is 10.9. The summed E-state index contributed by atoms with van der Waals surface area (Å²) in [5.74, 6) is -0.526. The van der Waals surface area contributed by atoms with E-state index in [4.69, 9.17) is 0 Å². The average molecular weight is 292 g/mol. The largest absolute Gasteiger partial charge is 0.319 e. The lowest BCUT2D eigenvalue weighted by Gasteiger charge is -2.05. The third kappa shape index (κ3) is 2.45. The minimum absolute atomic E-state index is 0.0174. The quantitative estimate of drug-likeness (QED) is 0.796. The van der Waals surface area contributed by atoms with Gasteiger partial charge in [0.05, 0.1) is 11.3 Å². The zero-order chi connectivity index (χ0) is 15.0. The Hall–Kier alpha value is -2.84. The molecule has 108 valence electrons. The molecule has 7 nitrogen and oxygen atoms in total. The molecule has 9 heteroatoms. The second kappa shape index (κ2) is 4.93. The molecule has 3 heterocycles. The van der Waals surface area contributed by atoms with Gasteiger partial charge in [0, 0.05) is 19.4 Å². The highest BCUT2D eigenvalue weighted by Crippen LogP contribution is 2.25. The predicted molar refractivity (Wildman–Crippen MR) is 69.1 cm³/mol. The number of alkyl halides is 2. The number of hydrogen-bond donors (Lipinski definition) is 1. The number of carbonyl (C=O) groups is 1. The number of rotatable bonds is 3. The van der Waals surface area contributed by atoms with Crippen LogP contribution in [0, 0.1) is 0 Å². The molecule has 21 heavy (non-hydrogen) atoms. The van der Waals surface area contributed by atoms with Crippen molar-refractivity contribution in [1.82, 2.24) is 24.4 Å². The van der Waals surface area contributed by atoms with Crippen LogP contribution in [-0.2, 0) is 7.05 Å². The van der Waals surface area contributed by atoms with Gasteiger partial charge in [-0.25, -0.2) is 18.3 Å². The average Bonchev–Trinajstić information content (AvgIpc) is 3.04. The number of nitrogens with one attached hydrogen (secondary N) is 1. The number of anilines is 1. The van der Waals surface area contributed by atoms with Crippen LogP contribution >= 0.6 is 0 Å². The minimum atomic E-state index is -2.76. The van der Waals surface area contributed by atoms with Gasteiger partial charge < -0.3 is 5.32 Å². The molecular weight excluding hydrogens is 282 g/mol. The molecule has 0 unspecified atom stereocenters. The minimum Gasteiger partial charge on any atom is -0.319 e. The van der Waals surface area contributed by atoms with Crippen molar-refractivity contribution in [3.05, 3.63) is 42.1 Å². The van der Waals surface area contributed by atoms with Gasteiger partial charge in [-0.3, -0.25) is 9.48 Å². The van der Waals surface area contributed by atoms with E-state index in [1.807, 2.05) is 0 Å². The lowest BCUT2D eigenvalue weighted by atomic mass is 10.2. The highest BCUT2D eigenvalue weighted by atomic mass is 19.3. The Morgan fingerprint density at radius 3 is 2.90 bits per heavy atom. The van der Waals surface area contributed by atoms with E-state index in [1.54, 1.807) is 6.07 Å². The molecule has 1 N–H and O–H groups in total. The van der Waals surface area contributed by atoms with E-state index < -0.39 is 18.0 Å². The number of amides is 1. The molecule has 0 atom stereocenters. The molecule has 0 aliphatic carbocycles. The third-order valence-corrected chi connectivity index (χ3v) is 2.85. The molecule has 0 radical (unpaired) electrons. The first-order chi connectivity index (χ1) is 10.0. The molecule has 0 bridgehead atoms. The van der Waals surface area contributed by atoms with Crippen LogP contribution in [0.5, 0.6) is 0 Å². The maximum Gasteiger partial charge on any atom is 0.284 e. The maximum absolute atomic E-state index is 12.8. The first-order valence-electron chi connectivity index (χ1n) is 5.97. The summed E-state index contributed by atoms with van der Waals surface area (Å²) in [5, 5.41) is 9.95. The van der Waals surface area contributed by atoms with E-state index in [-0.39, 0.29) is 11.3 Å². The standard InChI is InChI=1S/C12H10F2N6O/c1-19-5-8(10(18-19)11(13)14)17-12(21)7-2-3-9-15-6-16-20(9)4-7/h2-6,11H,1H3,(H,17,21). The van der Waals surface area contributed by atoms with Gasteiger partial charge in [-0.15, -0.1) is 0 Å². The van der Waals surface area contributed by atoms with Gasteiger partial charge in [0.15, 0.2) is 11.3 Å². The summed E-state index contributed by atoms with van der Waals surface area (Å²) >= 11 is 0. The number of hydrogen-bond acceptors (Lipinski definition) is 4. The van der Waals surface area contributed by atoms with Gasteiger partial charge in [-0.05, 0) is 12.1 Å². The third-order valence-electron chi connectivity index (χ3n) is 2.85. The summed E-state index contributed by atoms with van der Waals surface area (Å²) in [6.45, 7) is 0. The van der Waals surface area contributed by atoms with E-state index in [0.717, 1.165) is 0 Å². The molecule has 0 aromatic carbocycles. The van der Waals surface area contributed by atoms with Crippen molar-refractivity contribution < 1.29 is 13.6 Å². The molecule has 0 aliphatic heterocycles. The smallest absolute Gasteiger partial charge is 0.284 e. The Balaban J connectivity index is 1.89. The topological polar surface area (TPSA) is 77.1 Å². The number of pyridine rings is 1. The Labute approximate surface area is 117 Å². The fourth-order valence-corrected chi connectivity index (χ4v) is 1.91. The highest BCUT2D eigenvalue weighted by Gasteiger charge is 2.19. The van der Waals surface area contributed by atoms with Crippen molar-refractivity contribution in [2.45, 2.75) is 6.43 Å². The Bertz CT molecular complexity index is 809. The van der Waals surface area contributed by atoms with Gasteiger partial charge in [-0.2, -0.15) is 10.2 Å². The van der Waals surface area contributed by atoms with Crippen molar-refractivity contribution in [2.75, 3.05) is 5.32 Å². The van der Waals surface area contributed by atoms with Crippen molar-refractivity contribution in [3.63, 3.8) is 0 Å². The van der Waals surface area contributed by atoms with Crippen LogP contribution < -0.4 is 5.32 Å². The number of fused-ring (bicyclic) bond motifs is 1. The SMILES string of the molecule is Cn1cc(NC(=O)c2ccc3ncnn3c2)c(C(F)F)n1.